The highest BCUT2D eigenvalue weighted by atomic mass is 32.2. The molecule has 0 unspecified atom stereocenters. The van der Waals surface area contributed by atoms with E-state index in [9.17, 15) is 8.42 Å². The Balaban J connectivity index is 3.43. The molecule has 0 aliphatic rings. The van der Waals surface area contributed by atoms with Gasteiger partial charge in [0.25, 0.3) is 0 Å². The second kappa shape index (κ2) is 3.76. The lowest BCUT2D eigenvalue weighted by Gasteiger charge is -2.02. The molecule has 0 fully saturated rings. The van der Waals surface area contributed by atoms with Crippen molar-refractivity contribution in [1.82, 2.24) is 4.98 Å². The van der Waals surface area contributed by atoms with E-state index in [4.69, 9.17) is 5.26 Å². The molecule has 0 N–H and O–H groups in total. The first-order chi connectivity index (χ1) is 6.49. The van der Waals surface area contributed by atoms with Crippen LogP contribution in [0.5, 0.6) is 0 Å². The summed E-state index contributed by atoms with van der Waals surface area (Å²) >= 11 is 0. The summed E-state index contributed by atoms with van der Waals surface area (Å²) in [6.45, 7) is 1.89. The second-order valence-corrected chi connectivity index (χ2v) is 4.87. The molecule has 14 heavy (non-hydrogen) atoms. The summed E-state index contributed by atoms with van der Waals surface area (Å²) < 4.78 is 22.4. The summed E-state index contributed by atoms with van der Waals surface area (Å²) in [5.41, 5.74) is 0.695. The molecule has 1 aromatic heterocycles. The normalized spacial score (nSPS) is 10.9. The van der Waals surface area contributed by atoms with Gasteiger partial charge in [-0.15, -0.1) is 0 Å². The van der Waals surface area contributed by atoms with Crippen LogP contribution in [0.15, 0.2) is 17.0 Å². The zero-order chi connectivity index (χ0) is 10.8. The molecule has 1 aromatic rings. The van der Waals surface area contributed by atoms with E-state index in [0.29, 0.717) is 12.1 Å². The van der Waals surface area contributed by atoms with Crippen molar-refractivity contribution in [3.05, 3.63) is 23.5 Å². The lowest BCUT2D eigenvalue weighted by molar-refractivity contribution is 0.601. The van der Waals surface area contributed by atoms with Gasteiger partial charge in [-0.2, -0.15) is 5.26 Å². The molecule has 5 heteroatoms. The monoisotopic (exact) mass is 210 g/mol. The molecule has 0 saturated heterocycles. The van der Waals surface area contributed by atoms with Crippen LogP contribution in [0.3, 0.4) is 0 Å². The van der Waals surface area contributed by atoms with Crippen molar-refractivity contribution in [3.63, 3.8) is 0 Å². The minimum atomic E-state index is -3.36. The Morgan fingerprint density at radius 2 is 2.14 bits per heavy atom. The fourth-order valence-electron chi connectivity index (χ4n) is 1.06. The number of aromatic nitrogens is 1. The number of hydrogen-bond donors (Lipinski definition) is 0. The number of pyridine rings is 1. The molecule has 4 nitrogen and oxygen atoms in total. The molecular formula is C9H10N2O2S. The van der Waals surface area contributed by atoms with E-state index < -0.39 is 9.84 Å². The zero-order valence-electron chi connectivity index (χ0n) is 7.98. The van der Waals surface area contributed by atoms with Gasteiger partial charge in [-0.3, -0.25) is 0 Å². The van der Waals surface area contributed by atoms with Crippen molar-refractivity contribution in [2.45, 2.75) is 18.2 Å². The van der Waals surface area contributed by atoms with E-state index in [1.165, 1.54) is 6.07 Å². The molecule has 0 aromatic carbocycles. The summed E-state index contributed by atoms with van der Waals surface area (Å²) in [5.74, 6) is 0. The number of sulfone groups is 1. The maximum absolute atomic E-state index is 11.2. The summed E-state index contributed by atoms with van der Waals surface area (Å²) in [5, 5.41) is 8.72. The third-order valence-electron chi connectivity index (χ3n) is 1.78. The van der Waals surface area contributed by atoms with Gasteiger partial charge < -0.3 is 0 Å². The first kappa shape index (κ1) is 10.7. The van der Waals surface area contributed by atoms with Gasteiger partial charge >= 0.3 is 0 Å². The predicted octanol–water partition coefficient (Wildman–Crippen LogP) is 0.919. The lowest BCUT2D eigenvalue weighted by atomic mass is 10.2. The highest BCUT2D eigenvalue weighted by Crippen LogP contribution is 2.13. The molecule has 1 rings (SSSR count). The highest BCUT2D eigenvalue weighted by molar-refractivity contribution is 7.90. The highest BCUT2D eigenvalue weighted by Gasteiger charge is 2.14. The minimum absolute atomic E-state index is 0.00259. The third-order valence-corrected chi connectivity index (χ3v) is 2.91. The van der Waals surface area contributed by atoms with Crippen LogP contribution in [0.1, 0.15) is 18.3 Å². The summed E-state index contributed by atoms with van der Waals surface area (Å²) in [4.78, 5) is 3.93. The molecule has 0 spiro atoms. The lowest BCUT2D eigenvalue weighted by Crippen LogP contribution is -2.03. The number of rotatable bonds is 2. The Bertz CT molecular complexity index is 486. The van der Waals surface area contributed by atoms with Crippen molar-refractivity contribution >= 4 is 9.84 Å². The average molecular weight is 210 g/mol. The Labute approximate surface area is 83.1 Å². The van der Waals surface area contributed by atoms with E-state index in [-0.39, 0.29) is 10.6 Å². The van der Waals surface area contributed by atoms with E-state index in [2.05, 4.69) is 4.98 Å². The van der Waals surface area contributed by atoms with Gasteiger partial charge in [0.15, 0.2) is 15.5 Å². The van der Waals surface area contributed by atoms with Crippen LogP contribution in [0, 0.1) is 11.3 Å². The molecule has 0 aliphatic heterocycles. The SMILES string of the molecule is CCc1ccc(S(C)(=O)=O)c(C#N)n1. The first-order valence-electron chi connectivity index (χ1n) is 4.09. The van der Waals surface area contributed by atoms with Crippen LogP contribution < -0.4 is 0 Å². The van der Waals surface area contributed by atoms with Crippen molar-refractivity contribution < 1.29 is 8.42 Å². The molecule has 1 heterocycles. The summed E-state index contributed by atoms with van der Waals surface area (Å²) in [7, 11) is -3.36. The fourth-order valence-corrected chi connectivity index (χ4v) is 1.82. The molecule has 0 radical (unpaired) electrons. The molecule has 0 saturated carbocycles. The molecular weight excluding hydrogens is 200 g/mol. The van der Waals surface area contributed by atoms with Crippen molar-refractivity contribution in [1.29, 1.82) is 5.26 Å². The van der Waals surface area contributed by atoms with E-state index >= 15 is 0 Å². The van der Waals surface area contributed by atoms with Crippen molar-refractivity contribution in [2.75, 3.05) is 6.26 Å². The Morgan fingerprint density at radius 1 is 1.50 bits per heavy atom. The molecule has 74 valence electrons. The standard InChI is InChI=1S/C9H10N2O2S/c1-3-7-4-5-9(14(2,12)13)8(6-10)11-7/h4-5H,3H2,1-2H3. The Hall–Kier alpha value is -1.41. The number of aryl methyl sites for hydroxylation is 1. The number of nitrogens with zero attached hydrogens (tertiary/aromatic N) is 2. The Kier molecular flexibility index (Phi) is 2.87. The second-order valence-electron chi connectivity index (χ2n) is 2.89. The Morgan fingerprint density at radius 3 is 2.57 bits per heavy atom. The van der Waals surface area contributed by atoms with Crippen LogP contribution in [-0.4, -0.2) is 19.7 Å². The maximum Gasteiger partial charge on any atom is 0.178 e. The van der Waals surface area contributed by atoms with Gasteiger partial charge in [-0.25, -0.2) is 13.4 Å². The van der Waals surface area contributed by atoms with Crippen LogP contribution in [-0.2, 0) is 16.3 Å². The molecule has 0 bridgehead atoms. The van der Waals surface area contributed by atoms with Crippen LogP contribution in [0.25, 0.3) is 0 Å². The van der Waals surface area contributed by atoms with E-state index in [1.807, 2.05) is 6.92 Å². The van der Waals surface area contributed by atoms with E-state index in [0.717, 1.165) is 6.26 Å². The smallest absolute Gasteiger partial charge is 0.178 e. The van der Waals surface area contributed by atoms with Crippen molar-refractivity contribution in [3.8, 4) is 6.07 Å². The summed E-state index contributed by atoms with van der Waals surface area (Å²) in [6, 6.07) is 4.84. The zero-order valence-corrected chi connectivity index (χ0v) is 8.80. The topological polar surface area (TPSA) is 70.8 Å². The van der Waals surface area contributed by atoms with Gasteiger partial charge in [0.05, 0.1) is 0 Å². The van der Waals surface area contributed by atoms with Crippen LogP contribution in [0.2, 0.25) is 0 Å². The average Bonchev–Trinajstić information content (AvgIpc) is 2.15. The predicted molar refractivity (Wildman–Crippen MR) is 51.4 cm³/mol. The van der Waals surface area contributed by atoms with Gasteiger partial charge in [-0.05, 0) is 18.6 Å². The molecule has 0 amide bonds. The van der Waals surface area contributed by atoms with Gasteiger partial charge in [0.1, 0.15) is 11.0 Å². The number of nitriles is 1. The van der Waals surface area contributed by atoms with E-state index in [1.54, 1.807) is 12.1 Å². The van der Waals surface area contributed by atoms with Crippen molar-refractivity contribution in [2.24, 2.45) is 0 Å². The van der Waals surface area contributed by atoms with Crippen LogP contribution in [0.4, 0.5) is 0 Å². The fraction of sp³-hybridized carbons (Fsp3) is 0.333. The molecule has 0 atom stereocenters. The quantitative estimate of drug-likeness (QED) is 0.727. The summed E-state index contributed by atoms with van der Waals surface area (Å²) in [6.07, 6.45) is 1.75. The third kappa shape index (κ3) is 2.09. The largest absolute Gasteiger partial charge is 0.241 e. The van der Waals surface area contributed by atoms with Gasteiger partial charge in [0, 0.05) is 11.9 Å². The maximum atomic E-state index is 11.2. The van der Waals surface area contributed by atoms with Gasteiger partial charge in [0.2, 0.25) is 0 Å². The molecule has 0 aliphatic carbocycles. The number of hydrogen-bond acceptors (Lipinski definition) is 4. The minimum Gasteiger partial charge on any atom is -0.241 e. The van der Waals surface area contributed by atoms with Gasteiger partial charge in [-0.1, -0.05) is 6.92 Å². The van der Waals surface area contributed by atoms with Crippen LogP contribution >= 0.6 is 0 Å². The first-order valence-corrected chi connectivity index (χ1v) is 5.98.